The molecule has 0 atom stereocenters. The Morgan fingerprint density at radius 1 is 1.06 bits per heavy atom. The third-order valence-electron chi connectivity index (χ3n) is 5.51. The molecule has 2 aromatic heterocycles. The van der Waals surface area contributed by atoms with Gasteiger partial charge in [0.2, 0.25) is 5.91 Å². The molecule has 0 spiro atoms. The Kier molecular flexibility index (Phi) is 7.83. The number of benzene rings is 2. The molecule has 4 rings (SSSR count). The highest BCUT2D eigenvalue weighted by molar-refractivity contribution is 6.36. The summed E-state index contributed by atoms with van der Waals surface area (Å²) in [5.41, 5.74) is 5.19. The lowest BCUT2D eigenvalue weighted by Crippen LogP contribution is -2.20. The normalized spacial score (nSPS) is 10.6. The summed E-state index contributed by atoms with van der Waals surface area (Å²) >= 11 is 12.5. The molecule has 0 bridgehead atoms. The van der Waals surface area contributed by atoms with Gasteiger partial charge >= 0.3 is 0 Å². The van der Waals surface area contributed by atoms with Crippen LogP contribution in [0.1, 0.15) is 21.5 Å². The maximum atomic E-state index is 12.0. The maximum absolute atomic E-state index is 12.0. The van der Waals surface area contributed by atoms with Gasteiger partial charge in [0.05, 0.1) is 23.0 Å². The first-order chi connectivity index (χ1) is 17.4. The third-order valence-corrected chi connectivity index (χ3v) is 6.06. The minimum Gasteiger partial charge on any atom is -0.355 e. The number of halogens is 2. The Balaban J connectivity index is 1.68. The van der Waals surface area contributed by atoms with E-state index in [-0.39, 0.29) is 18.4 Å². The van der Waals surface area contributed by atoms with Gasteiger partial charge in [0.1, 0.15) is 0 Å². The fourth-order valence-electron chi connectivity index (χ4n) is 3.70. The molecule has 0 fully saturated rings. The Morgan fingerprint density at radius 2 is 1.89 bits per heavy atom. The molecule has 36 heavy (non-hydrogen) atoms. The Labute approximate surface area is 218 Å². The molecule has 0 unspecified atom stereocenters. The first kappa shape index (κ1) is 25.2. The lowest BCUT2D eigenvalue weighted by atomic mass is 10.0. The number of nitrogens with zero attached hydrogens (tertiary/aromatic N) is 3. The zero-order valence-electron chi connectivity index (χ0n) is 19.5. The Bertz CT molecular complexity index is 1450. The molecule has 2 aromatic carbocycles. The van der Waals surface area contributed by atoms with E-state index in [9.17, 15) is 9.59 Å². The second-order valence-corrected chi connectivity index (χ2v) is 8.79. The Morgan fingerprint density at radius 3 is 2.64 bits per heavy atom. The summed E-state index contributed by atoms with van der Waals surface area (Å²) in [5, 5.41) is 11.2. The van der Waals surface area contributed by atoms with Gasteiger partial charge in [0.15, 0.2) is 0 Å². The molecule has 0 aliphatic heterocycles. The molecule has 0 aliphatic carbocycles. The van der Waals surface area contributed by atoms with Crippen LogP contribution in [0.2, 0.25) is 10.0 Å². The largest absolute Gasteiger partial charge is 0.355 e. The standard InChI is InChI=1S/C27H23Cl2N5O2/c1-3-26(35)32-15-19-14-31-25(21-8-7-20(28)12-23(21)29)13-22(19)24-9-10-34(33-24)16-17-5-4-6-18(11-17)27(36)30-2/h3-14H,1,15-16H2,2H3,(H,30,36)(H,32,35). The molecule has 2 amide bonds. The van der Waals surface area contributed by atoms with Gasteiger partial charge < -0.3 is 10.6 Å². The van der Waals surface area contributed by atoms with Crippen molar-refractivity contribution in [1.29, 1.82) is 0 Å². The molecular formula is C27H23Cl2N5O2. The molecule has 0 aliphatic rings. The van der Waals surface area contributed by atoms with Gasteiger partial charge in [0.25, 0.3) is 5.91 Å². The fourth-order valence-corrected chi connectivity index (χ4v) is 4.20. The number of amides is 2. The van der Waals surface area contributed by atoms with Crippen molar-refractivity contribution >= 4 is 35.0 Å². The minimum atomic E-state index is -0.285. The van der Waals surface area contributed by atoms with Crippen LogP contribution >= 0.6 is 23.2 Å². The number of nitrogens with one attached hydrogen (secondary N) is 2. The van der Waals surface area contributed by atoms with E-state index < -0.39 is 0 Å². The van der Waals surface area contributed by atoms with Crippen LogP contribution in [0.25, 0.3) is 22.5 Å². The molecule has 2 N–H and O–H groups in total. The predicted molar refractivity (Wildman–Crippen MR) is 142 cm³/mol. The van der Waals surface area contributed by atoms with Crippen LogP contribution in [0.5, 0.6) is 0 Å². The van der Waals surface area contributed by atoms with Gasteiger partial charge in [-0.15, -0.1) is 0 Å². The van der Waals surface area contributed by atoms with Crippen molar-refractivity contribution in [3.05, 3.63) is 106 Å². The van der Waals surface area contributed by atoms with E-state index in [1.807, 2.05) is 42.6 Å². The van der Waals surface area contributed by atoms with E-state index in [1.54, 1.807) is 36.1 Å². The van der Waals surface area contributed by atoms with Gasteiger partial charge in [-0.2, -0.15) is 5.10 Å². The molecule has 4 aromatic rings. The summed E-state index contributed by atoms with van der Waals surface area (Å²) < 4.78 is 1.79. The SMILES string of the molecule is C=CC(=O)NCc1cnc(-c2ccc(Cl)cc2Cl)cc1-c1ccn(Cc2cccc(C(=O)NC)c2)n1. The highest BCUT2D eigenvalue weighted by Gasteiger charge is 2.14. The van der Waals surface area contributed by atoms with Crippen LogP contribution in [0, 0.1) is 0 Å². The number of rotatable bonds is 8. The predicted octanol–water partition coefficient (Wildman–Crippen LogP) is 5.13. The molecule has 0 saturated carbocycles. The maximum Gasteiger partial charge on any atom is 0.251 e. The number of carbonyl (C=O) groups excluding carboxylic acids is 2. The quantitative estimate of drug-likeness (QED) is 0.316. The summed E-state index contributed by atoms with van der Waals surface area (Å²) in [6, 6.07) is 16.4. The van der Waals surface area contributed by atoms with Crippen molar-refractivity contribution in [2.24, 2.45) is 0 Å². The second kappa shape index (κ2) is 11.2. The van der Waals surface area contributed by atoms with Gasteiger partial charge in [-0.05, 0) is 59.7 Å². The fraction of sp³-hybridized carbons (Fsp3) is 0.111. The zero-order valence-corrected chi connectivity index (χ0v) is 21.0. The first-order valence-corrected chi connectivity index (χ1v) is 11.8. The smallest absolute Gasteiger partial charge is 0.251 e. The Hall–Kier alpha value is -3.94. The van der Waals surface area contributed by atoms with E-state index in [4.69, 9.17) is 28.3 Å². The summed E-state index contributed by atoms with van der Waals surface area (Å²) in [6.45, 7) is 4.23. The van der Waals surface area contributed by atoms with Gasteiger partial charge in [-0.3, -0.25) is 19.3 Å². The molecule has 0 saturated heterocycles. The van der Waals surface area contributed by atoms with Crippen molar-refractivity contribution < 1.29 is 9.59 Å². The van der Waals surface area contributed by atoms with E-state index in [2.05, 4.69) is 22.2 Å². The number of aromatic nitrogens is 3. The molecule has 7 nitrogen and oxygen atoms in total. The molecule has 2 heterocycles. The summed E-state index contributed by atoms with van der Waals surface area (Å²) in [7, 11) is 1.60. The van der Waals surface area contributed by atoms with Crippen LogP contribution < -0.4 is 10.6 Å². The summed E-state index contributed by atoms with van der Waals surface area (Å²) in [5.74, 6) is -0.429. The third kappa shape index (κ3) is 5.82. The van der Waals surface area contributed by atoms with E-state index in [1.165, 1.54) is 6.08 Å². The van der Waals surface area contributed by atoms with Crippen molar-refractivity contribution in [1.82, 2.24) is 25.4 Å². The topological polar surface area (TPSA) is 88.9 Å². The second-order valence-electron chi connectivity index (χ2n) is 7.95. The average molecular weight is 520 g/mol. The van der Waals surface area contributed by atoms with Crippen LogP contribution in [0.4, 0.5) is 0 Å². The average Bonchev–Trinajstić information content (AvgIpc) is 3.35. The zero-order chi connectivity index (χ0) is 25.7. The monoisotopic (exact) mass is 519 g/mol. The summed E-state index contributed by atoms with van der Waals surface area (Å²) in [6.07, 6.45) is 4.78. The number of hydrogen-bond donors (Lipinski definition) is 2. The molecule has 9 heteroatoms. The number of carbonyl (C=O) groups is 2. The van der Waals surface area contributed by atoms with Crippen molar-refractivity contribution in [2.45, 2.75) is 13.1 Å². The van der Waals surface area contributed by atoms with Crippen molar-refractivity contribution in [3.8, 4) is 22.5 Å². The van der Waals surface area contributed by atoms with E-state index in [0.29, 0.717) is 33.5 Å². The molecule has 182 valence electrons. The minimum absolute atomic E-state index is 0.144. The number of pyridine rings is 1. The highest BCUT2D eigenvalue weighted by Crippen LogP contribution is 2.32. The lowest BCUT2D eigenvalue weighted by Gasteiger charge is -2.12. The highest BCUT2D eigenvalue weighted by atomic mass is 35.5. The number of hydrogen-bond acceptors (Lipinski definition) is 4. The van der Waals surface area contributed by atoms with E-state index >= 15 is 0 Å². The van der Waals surface area contributed by atoms with Gasteiger partial charge in [-0.1, -0.05) is 41.9 Å². The van der Waals surface area contributed by atoms with Crippen LogP contribution in [0.3, 0.4) is 0 Å². The van der Waals surface area contributed by atoms with Gasteiger partial charge in [-0.25, -0.2) is 0 Å². The van der Waals surface area contributed by atoms with Crippen molar-refractivity contribution in [2.75, 3.05) is 7.05 Å². The summed E-state index contributed by atoms with van der Waals surface area (Å²) in [4.78, 5) is 28.3. The van der Waals surface area contributed by atoms with E-state index in [0.717, 1.165) is 22.3 Å². The lowest BCUT2D eigenvalue weighted by molar-refractivity contribution is -0.116. The van der Waals surface area contributed by atoms with Gasteiger partial charge in [0, 0.05) is 47.7 Å². The molecule has 0 radical (unpaired) electrons. The molecular weight excluding hydrogens is 497 g/mol. The van der Waals surface area contributed by atoms with Crippen LogP contribution in [-0.4, -0.2) is 33.6 Å². The van der Waals surface area contributed by atoms with Crippen molar-refractivity contribution in [3.63, 3.8) is 0 Å². The first-order valence-electron chi connectivity index (χ1n) is 11.1. The van der Waals surface area contributed by atoms with Crippen LogP contribution in [0.15, 0.2) is 79.6 Å². The van der Waals surface area contributed by atoms with Crippen LogP contribution in [-0.2, 0) is 17.9 Å².